The van der Waals surface area contributed by atoms with Crippen molar-refractivity contribution in [2.45, 2.75) is 56.4 Å². The van der Waals surface area contributed by atoms with E-state index in [9.17, 15) is 0 Å². The van der Waals surface area contributed by atoms with Gasteiger partial charge in [-0.25, -0.2) is 4.98 Å². The van der Waals surface area contributed by atoms with Gasteiger partial charge in [-0.1, -0.05) is 0 Å². The molecule has 1 aliphatic carbocycles. The molecule has 102 valence electrons. The standard InChI is InChI=1S/C14H25N3S/c1-14(2,15-3)13-9-16-10-17(13)11-5-7-12(18-4)8-6-11/h9-12,15H,5-8H2,1-4H3. The summed E-state index contributed by atoms with van der Waals surface area (Å²) in [6.45, 7) is 4.43. The largest absolute Gasteiger partial charge is 0.330 e. The lowest BCUT2D eigenvalue weighted by Gasteiger charge is -2.33. The Kier molecular flexibility index (Phi) is 4.38. The Hall–Kier alpha value is -0.480. The van der Waals surface area contributed by atoms with Crippen LogP contribution in [-0.4, -0.2) is 28.1 Å². The van der Waals surface area contributed by atoms with Gasteiger partial charge in [-0.3, -0.25) is 0 Å². The smallest absolute Gasteiger partial charge is 0.0951 e. The van der Waals surface area contributed by atoms with Crippen LogP contribution in [0.1, 0.15) is 51.3 Å². The normalized spacial score (nSPS) is 25.3. The maximum Gasteiger partial charge on any atom is 0.0951 e. The molecule has 0 amide bonds. The lowest BCUT2D eigenvalue weighted by molar-refractivity contribution is 0.322. The molecule has 4 heteroatoms. The van der Waals surface area contributed by atoms with Crippen molar-refractivity contribution >= 4 is 11.8 Å². The van der Waals surface area contributed by atoms with E-state index in [-0.39, 0.29) is 5.54 Å². The molecule has 0 atom stereocenters. The maximum absolute atomic E-state index is 4.37. The second-order valence-electron chi connectivity index (χ2n) is 5.73. The Morgan fingerprint density at radius 3 is 2.56 bits per heavy atom. The molecule has 1 aromatic rings. The van der Waals surface area contributed by atoms with Gasteiger partial charge in [0.05, 0.1) is 23.8 Å². The summed E-state index contributed by atoms with van der Waals surface area (Å²) in [4.78, 5) is 4.37. The predicted molar refractivity (Wildman–Crippen MR) is 79.1 cm³/mol. The first-order valence-electron chi connectivity index (χ1n) is 6.82. The number of hydrogen-bond acceptors (Lipinski definition) is 3. The zero-order valence-electron chi connectivity index (χ0n) is 11.9. The first-order chi connectivity index (χ1) is 8.58. The Balaban J connectivity index is 2.13. The summed E-state index contributed by atoms with van der Waals surface area (Å²) in [6.07, 6.45) is 11.5. The SMILES string of the molecule is CNC(C)(C)c1cncn1C1CCC(SC)CC1. The molecule has 1 saturated carbocycles. The summed E-state index contributed by atoms with van der Waals surface area (Å²) >= 11 is 2.02. The van der Waals surface area contributed by atoms with E-state index in [0.29, 0.717) is 6.04 Å². The molecule has 2 rings (SSSR count). The van der Waals surface area contributed by atoms with Gasteiger partial charge in [-0.2, -0.15) is 11.8 Å². The fourth-order valence-corrected chi connectivity index (χ4v) is 3.51. The van der Waals surface area contributed by atoms with Gasteiger partial charge in [0, 0.05) is 11.3 Å². The number of nitrogens with one attached hydrogen (secondary N) is 1. The second kappa shape index (κ2) is 5.66. The molecule has 0 saturated heterocycles. The summed E-state index contributed by atoms with van der Waals surface area (Å²) in [5, 5.41) is 4.24. The molecular weight excluding hydrogens is 242 g/mol. The molecule has 0 unspecified atom stereocenters. The highest BCUT2D eigenvalue weighted by atomic mass is 32.2. The van der Waals surface area contributed by atoms with Crippen LogP contribution in [0.15, 0.2) is 12.5 Å². The first kappa shape index (κ1) is 13.9. The van der Waals surface area contributed by atoms with Crippen LogP contribution in [0, 0.1) is 0 Å². The van der Waals surface area contributed by atoms with Crippen molar-refractivity contribution in [3.63, 3.8) is 0 Å². The highest BCUT2D eigenvalue weighted by molar-refractivity contribution is 7.99. The third kappa shape index (κ3) is 2.75. The summed E-state index contributed by atoms with van der Waals surface area (Å²) < 4.78 is 2.40. The highest BCUT2D eigenvalue weighted by Crippen LogP contribution is 2.35. The Labute approximate surface area is 115 Å². The molecule has 1 aliphatic rings. The average Bonchev–Trinajstić information content (AvgIpc) is 2.89. The number of rotatable bonds is 4. The van der Waals surface area contributed by atoms with Crippen LogP contribution < -0.4 is 5.32 Å². The molecule has 0 aromatic carbocycles. The fraction of sp³-hybridized carbons (Fsp3) is 0.786. The summed E-state index contributed by atoms with van der Waals surface area (Å²) in [5.41, 5.74) is 1.30. The fourth-order valence-electron chi connectivity index (χ4n) is 2.77. The molecule has 0 bridgehead atoms. The van der Waals surface area contributed by atoms with Crippen LogP contribution in [0.25, 0.3) is 0 Å². The van der Waals surface area contributed by atoms with Crippen molar-refractivity contribution in [3.05, 3.63) is 18.2 Å². The van der Waals surface area contributed by atoms with Crippen LogP contribution in [0.4, 0.5) is 0 Å². The van der Waals surface area contributed by atoms with Crippen molar-refractivity contribution < 1.29 is 0 Å². The zero-order valence-corrected chi connectivity index (χ0v) is 12.8. The molecule has 0 aliphatic heterocycles. The van der Waals surface area contributed by atoms with Crippen molar-refractivity contribution in [2.24, 2.45) is 0 Å². The topological polar surface area (TPSA) is 29.9 Å². The molecule has 1 heterocycles. The Morgan fingerprint density at radius 1 is 1.33 bits per heavy atom. The van der Waals surface area contributed by atoms with Crippen molar-refractivity contribution in [2.75, 3.05) is 13.3 Å². The van der Waals surface area contributed by atoms with E-state index >= 15 is 0 Å². The maximum atomic E-state index is 4.37. The van der Waals surface area contributed by atoms with E-state index < -0.39 is 0 Å². The van der Waals surface area contributed by atoms with E-state index in [2.05, 4.69) is 35.0 Å². The highest BCUT2D eigenvalue weighted by Gasteiger charge is 2.28. The minimum Gasteiger partial charge on any atom is -0.330 e. The van der Waals surface area contributed by atoms with Crippen molar-refractivity contribution in [3.8, 4) is 0 Å². The molecule has 3 nitrogen and oxygen atoms in total. The number of nitrogens with zero attached hydrogens (tertiary/aromatic N) is 2. The van der Waals surface area contributed by atoms with E-state index in [0.717, 1.165) is 5.25 Å². The third-order valence-electron chi connectivity index (χ3n) is 4.30. The van der Waals surface area contributed by atoms with E-state index in [1.807, 2.05) is 31.3 Å². The van der Waals surface area contributed by atoms with E-state index in [1.54, 1.807) is 0 Å². The van der Waals surface area contributed by atoms with Gasteiger partial charge < -0.3 is 9.88 Å². The van der Waals surface area contributed by atoms with Gasteiger partial charge in [0.25, 0.3) is 0 Å². The average molecular weight is 267 g/mol. The quantitative estimate of drug-likeness (QED) is 0.908. The number of thioether (sulfide) groups is 1. The van der Waals surface area contributed by atoms with Crippen LogP contribution >= 0.6 is 11.8 Å². The third-order valence-corrected chi connectivity index (χ3v) is 5.44. The summed E-state index contributed by atoms with van der Waals surface area (Å²) in [6, 6.07) is 0.638. The van der Waals surface area contributed by atoms with Gasteiger partial charge in [0.1, 0.15) is 0 Å². The molecule has 1 N–H and O–H groups in total. The molecule has 0 radical (unpaired) electrons. The number of aromatic nitrogens is 2. The molecule has 1 aromatic heterocycles. The molecule has 1 fully saturated rings. The predicted octanol–water partition coefficient (Wildman–Crippen LogP) is 3.18. The van der Waals surface area contributed by atoms with Gasteiger partial charge in [0.2, 0.25) is 0 Å². The summed E-state index contributed by atoms with van der Waals surface area (Å²) in [5.74, 6) is 0. The van der Waals surface area contributed by atoms with Gasteiger partial charge in [-0.05, 0) is 52.8 Å². The monoisotopic (exact) mass is 267 g/mol. The summed E-state index contributed by atoms with van der Waals surface area (Å²) in [7, 11) is 2.02. The molecular formula is C14H25N3S. The van der Waals surface area contributed by atoms with E-state index in [4.69, 9.17) is 0 Å². The lowest BCUT2D eigenvalue weighted by atomic mass is 9.93. The van der Waals surface area contributed by atoms with Gasteiger partial charge in [-0.15, -0.1) is 0 Å². The molecule has 18 heavy (non-hydrogen) atoms. The van der Waals surface area contributed by atoms with Crippen molar-refractivity contribution in [1.82, 2.24) is 14.9 Å². The Bertz CT molecular complexity index is 378. The number of imidazole rings is 1. The molecule has 0 spiro atoms. The van der Waals surface area contributed by atoms with Crippen LogP contribution in [0.3, 0.4) is 0 Å². The first-order valence-corrected chi connectivity index (χ1v) is 8.11. The van der Waals surface area contributed by atoms with E-state index in [1.165, 1.54) is 31.4 Å². The minimum atomic E-state index is -0.00709. The van der Waals surface area contributed by atoms with Crippen LogP contribution in [0.5, 0.6) is 0 Å². The zero-order chi connectivity index (χ0) is 13.2. The van der Waals surface area contributed by atoms with Gasteiger partial charge in [0.15, 0.2) is 0 Å². The van der Waals surface area contributed by atoms with Crippen LogP contribution in [-0.2, 0) is 5.54 Å². The number of hydrogen-bond donors (Lipinski definition) is 1. The minimum absolute atomic E-state index is 0.00709. The second-order valence-corrected chi connectivity index (χ2v) is 6.87. The van der Waals surface area contributed by atoms with Crippen molar-refractivity contribution in [1.29, 1.82) is 0 Å². The lowest BCUT2D eigenvalue weighted by Crippen LogP contribution is -2.36. The van der Waals surface area contributed by atoms with Gasteiger partial charge >= 0.3 is 0 Å². The Morgan fingerprint density at radius 2 is 2.00 bits per heavy atom. The van der Waals surface area contributed by atoms with Crippen LogP contribution in [0.2, 0.25) is 0 Å².